The van der Waals surface area contributed by atoms with Crippen molar-refractivity contribution in [3.63, 3.8) is 0 Å². The number of primary amides is 1. The Hall–Kier alpha value is -2.31. The van der Waals surface area contributed by atoms with Crippen LogP contribution in [-0.2, 0) is 9.53 Å². The molecule has 2 N–H and O–H groups in total. The highest BCUT2D eigenvalue weighted by molar-refractivity contribution is 6.33. The fraction of sp³-hybridized carbons (Fsp3) is 0.294. The number of hydrogen-bond acceptors (Lipinski definition) is 3. The first-order chi connectivity index (χ1) is 11.6. The highest BCUT2D eigenvalue weighted by atomic mass is 35.5. The van der Waals surface area contributed by atoms with Crippen LogP contribution in [0.3, 0.4) is 0 Å². The second-order valence-corrected chi connectivity index (χ2v) is 6.06. The van der Waals surface area contributed by atoms with Crippen LogP contribution in [0.5, 0.6) is 0 Å². The minimum absolute atomic E-state index is 0.0701. The van der Waals surface area contributed by atoms with Crippen molar-refractivity contribution >= 4 is 23.4 Å². The molecule has 1 aliphatic heterocycles. The minimum Gasteiger partial charge on any atom is -0.377 e. The molecule has 0 bridgehead atoms. The number of amides is 2. The van der Waals surface area contributed by atoms with Crippen LogP contribution in [-0.4, -0.2) is 47.1 Å². The first-order valence-electron chi connectivity index (χ1n) is 7.66. The fourth-order valence-electron chi connectivity index (χ4n) is 2.82. The van der Waals surface area contributed by atoms with Gasteiger partial charge in [-0.3, -0.25) is 9.59 Å². The molecule has 2 heterocycles. The minimum atomic E-state index is -0.463. The zero-order valence-electron chi connectivity index (χ0n) is 13.0. The number of ether oxygens (including phenoxy) is 1. The van der Waals surface area contributed by atoms with Gasteiger partial charge in [0.15, 0.2) is 0 Å². The summed E-state index contributed by atoms with van der Waals surface area (Å²) in [4.78, 5) is 25.8. The quantitative estimate of drug-likeness (QED) is 0.916. The Kier molecular flexibility index (Phi) is 4.87. The molecule has 0 saturated carbocycles. The molecule has 1 aliphatic rings. The van der Waals surface area contributed by atoms with E-state index in [4.69, 9.17) is 22.1 Å². The second-order valence-electron chi connectivity index (χ2n) is 5.65. The number of halogens is 1. The molecular formula is C17H18ClN3O3. The van der Waals surface area contributed by atoms with Crippen LogP contribution in [0.25, 0.3) is 5.69 Å². The van der Waals surface area contributed by atoms with Crippen LogP contribution < -0.4 is 5.73 Å². The standard InChI is InChI=1S/C17H18ClN3O3/c18-15-4-3-12(20-5-1-2-6-20)9-14(15)17(23)21-7-8-24-11-13(21)10-16(19)22/h1-6,9,13H,7-8,10-11H2,(H2,19,22). The highest BCUT2D eigenvalue weighted by Crippen LogP contribution is 2.24. The molecule has 6 nitrogen and oxygen atoms in total. The largest absolute Gasteiger partial charge is 0.377 e. The Bertz CT molecular complexity index is 746. The molecule has 0 spiro atoms. The summed E-state index contributed by atoms with van der Waals surface area (Å²) in [5, 5.41) is 0.375. The predicted molar refractivity (Wildman–Crippen MR) is 90.2 cm³/mol. The molecule has 7 heteroatoms. The summed E-state index contributed by atoms with van der Waals surface area (Å²) in [6.07, 6.45) is 3.85. The van der Waals surface area contributed by atoms with Gasteiger partial charge in [0.1, 0.15) is 0 Å². The van der Waals surface area contributed by atoms with E-state index in [9.17, 15) is 9.59 Å². The van der Waals surface area contributed by atoms with E-state index >= 15 is 0 Å². The zero-order chi connectivity index (χ0) is 17.1. The highest BCUT2D eigenvalue weighted by Gasteiger charge is 2.30. The predicted octanol–water partition coefficient (Wildman–Crippen LogP) is 1.85. The van der Waals surface area contributed by atoms with Gasteiger partial charge in [-0.15, -0.1) is 0 Å². The second kappa shape index (κ2) is 7.07. The lowest BCUT2D eigenvalue weighted by atomic mass is 10.1. The molecule has 0 aliphatic carbocycles. The third kappa shape index (κ3) is 3.44. The maximum Gasteiger partial charge on any atom is 0.255 e. The SMILES string of the molecule is NC(=O)CC1COCCN1C(=O)c1cc(-n2cccc2)ccc1Cl. The first kappa shape index (κ1) is 16.5. The number of carbonyl (C=O) groups is 2. The van der Waals surface area contributed by atoms with Crippen molar-refractivity contribution in [2.75, 3.05) is 19.8 Å². The Morgan fingerprint density at radius 3 is 2.75 bits per heavy atom. The van der Waals surface area contributed by atoms with Crippen molar-refractivity contribution in [2.45, 2.75) is 12.5 Å². The number of nitrogens with zero attached hydrogens (tertiary/aromatic N) is 2. The van der Waals surface area contributed by atoms with Gasteiger partial charge in [-0.2, -0.15) is 0 Å². The van der Waals surface area contributed by atoms with Crippen molar-refractivity contribution in [3.8, 4) is 5.69 Å². The van der Waals surface area contributed by atoms with Crippen LogP contribution in [0.4, 0.5) is 0 Å². The molecule has 126 valence electrons. The number of rotatable bonds is 4. The van der Waals surface area contributed by atoms with Crippen LogP contribution in [0.1, 0.15) is 16.8 Å². The van der Waals surface area contributed by atoms with Crippen molar-refractivity contribution in [1.29, 1.82) is 0 Å². The number of nitrogens with two attached hydrogens (primary N) is 1. The smallest absolute Gasteiger partial charge is 0.255 e. The summed E-state index contributed by atoms with van der Waals surface area (Å²) in [5.41, 5.74) is 6.52. The molecule has 0 radical (unpaired) electrons. The summed E-state index contributed by atoms with van der Waals surface area (Å²) in [7, 11) is 0. The normalized spacial score (nSPS) is 17.7. The van der Waals surface area contributed by atoms with Crippen molar-refractivity contribution in [3.05, 3.63) is 53.3 Å². The van der Waals surface area contributed by atoms with Gasteiger partial charge in [0.05, 0.1) is 29.8 Å². The fourth-order valence-corrected chi connectivity index (χ4v) is 3.02. The third-order valence-electron chi connectivity index (χ3n) is 4.01. The van der Waals surface area contributed by atoms with Gasteiger partial charge in [0, 0.05) is 31.0 Å². The van der Waals surface area contributed by atoms with E-state index in [0.29, 0.717) is 30.3 Å². The van der Waals surface area contributed by atoms with Gasteiger partial charge in [0.2, 0.25) is 5.91 Å². The molecular weight excluding hydrogens is 330 g/mol. The van der Waals surface area contributed by atoms with E-state index < -0.39 is 5.91 Å². The van der Waals surface area contributed by atoms with E-state index in [1.165, 1.54) is 0 Å². The molecule has 3 rings (SSSR count). The Labute approximate surface area is 144 Å². The van der Waals surface area contributed by atoms with Gasteiger partial charge in [-0.1, -0.05) is 11.6 Å². The van der Waals surface area contributed by atoms with Crippen LogP contribution in [0.2, 0.25) is 5.02 Å². The maximum absolute atomic E-state index is 13.0. The molecule has 1 atom stereocenters. The lowest BCUT2D eigenvalue weighted by Gasteiger charge is -2.35. The van der Waals surface area contributed by atoms with E-state index in [-0.39, 0.29) is 18.4 Å². The number of hydrogen-bond donors (Lipinski definition) is 1. The van der Waals surface area contributed by atoms with Crippen molar-refractivity contribution in [2.24, 2.45) is 5.73 Å². The van der Waals surface area contributed by atoms with Gasteiger partial charge >= 0.3 is 0 Å². The topological polar surface area (TPSA) is 77.6 Å². The molecule has 2 aromatic rings. The maximum atomic E-state index is 13.0. The number of morpholine rings is 1. The zero-order valence-corrected chi connectivity index (χ0v) is 13.8. The Morgan fingerprint density at radius 2 is 2.04 bits per heavy atom. The van der Waals surface area contributed by atoms with Gasteiger partial charge in [-0.25, -0.2) is 0 Å². The monoisotopic (exact) mass is 347 g/mol. The molecule has 24 heavy (non-hydrogen) atoms. The Morgan fingerprint density at radius 1 is 1.29 bits per heavy atom. The lowest BCUT2D eigenvalue weighted by Crippen LogP contribution is -2.50. The first-order valence-corrected chi connectivity index (χ1v) is 8.04. The Balaban J connectivity index is 1.90. The van der Waals surface area contributed by atoms with Crippen LogP contribution >= 0.6 is 11.6 Å². The molecule has 2 amide bonds. The lowest BCUT2D eigenvalue weighted by molar-refractivity contribution is -0.120. The molecule has 1 aromatic carbocycles. The number of carbonyl (C=O) groups excluding carboxylic acids is 2. The van der Waals surface area contributed by atoms with E-state index in [1.807, 2.05) is 35.2 Å². The van der Waals surface area contributed by atoms with Crippen molar-refractivity contribution < 1.29 is 14.3 Å². The molecule has 1 unspecified atom stereocenters. The van der Waals surface area contributed by atoms with Crippen LogP contribution in [0.15, 0.2) is 42.7 Å². The van der Waals surface area contributed by atoms with Gasteiger partial charge < -0.3 is 19.9 Å². The third-order valence-corrected chi connectivity index (χ3v) is 4.34. The molecule has 1 saturated heterocycles. The van der Waals surface area contributed by atoms with Crippen molar-refractivity contribution in [1.82, 2.24) is 9.47 Å². The summed E-state index contributed by atoms with van der Waals surface area (Å²) in [6, 6.07) is 8.74. The van der Waals surface area contributed by atoms with E-state index in [0.717, 1.165) is 5.69 Å². The summed E-state index contributed by atoms with van der Waals surface area (Å²) in [6.45, 7) is 1.13. The molecule has 1 aromatic heterocycles. The summed E-state index contributed by atoms with van der Waals surface area (Å²) in [5.74, 6) is -0.681. The average Bonchev–Trinajstić information content (AvgIpc) is 3.09. The van der Waals surface area contributed by atoms with E-state index in [2.05, 4.69) is 0 Å². The van der Waals surface area contributed by atoms with E-state index in [1.54, 1.807) is 17.0 Å². The van der Waals surface area contributed by atoms with Crippen LogP contribution in [0, 0.1) is 0 Å². The van der Waals surface area contributed by atoms with Gasteiger partial charge in [0.25, 0.3) is 5.91 Å². The summed E-state index contributed by atoms with van der Waals surface area (Å²) >= 11 is 6.25. The number of aromatic nitrogens is 1. The van der Waals surface area contributed by atoms with Gasteiger partial charge in [-0.05, 0) is 30.3 Å². The summed E-state index contributed by atoms with van der Waals surface area (Å²) < 4.78 is 7.27. The average molecular weight is 348 g/mol. The number of benzene rings is 1. The molecule has 1 fully saturated rings.